The number of alkyl halides is 3. The first-order chi connectivity index (χ1) is 11.2. The highest BCUT2D eigenvalue weighted by Crippen LogP contribution is 2.29. The van der Waals surface area contributed by atoms with E-state index in [9.17, 15) is 18.0 Å². The van der Waals surface area contributed by atoms with Crippen LogP contribution in [0.5, 0.6) is 0 Å². The summed E-state index contributed by atoms with van der Waals surface area (Å²) in [6, 6.07) is 10.6. The Morgan fingerprint density at radius 3 is 2.42 bits per heavy atom. The average Bonchev–Trinajstić information content (AvgIpc) is 2.80. The zero-order chi connectivity index (χ0) is 17.5. The zero-order valence-corrected chi connectivity index (χ0v) is 13.2. The van der Waals surface area contributed by atoms with Crippen LogP contribution in [0.4, 0.5) is 18.9 Å². The van der Waals surface area contributed by atoms with E-state index in [4.69, 9.17) is 11.6 Å². The number of H-pyrrole nitrogens is 1. The second kappa shape index (κ2) is 5.87. The maximum absolute atomic E-state index is 12.7. The SMILES string of the molecule is Cc1[nH]c2cc(NC(F)(F)F)ccc2c1C(=O)c1ccc(Cl)cc1. The Morgan fingerprint density at radius 2 is 1.79 bits per heavy atom. The molecule has 7 heteroatoms. The van der Waals surface area contributed by atoms with Gasteiger partial charge in [0.1, 0.15) is 0 Å². The second-order valence-electron chi connectivity index (χ2n) is 5.34. The molecule has 24 heavy (non-hydrogen) atoms. The van der Waals surface area contributed by atoms with Crippen molar-refractivity contribution in [1.29, 1.82) is 0 Å². The van der Waals surface area contributed by atoms with Crippen molar-refractivity contribution in [2.75, 3.05) is 5.32 Å². The van der Waals surface area contributed by atoms with Gasteiger partial charge in [-0.15, -0.1) is 0 Å². The molecule has 0 aliphatic rings. The Morgan fingerprint density at radius 1 is 1.12 bits per heavy atom. The van der Waals surface area contributed by atoms with E-state index in [0.29, 0.717) is 32.7 Å². The van der Waals surface area contributed by atoms with Crippen LogP contribution in [0.15, 0.2) is 42.5 Å². The number of aromatic nitrogens is 1. The molecule has 0 bridgehead atoms. The standard InChI is InChI=1S/C17H12ClF3N2O/c1-9-15(16(24)10-2-4-11(18)5-3-10)13-7-6-12(8-14(13)22-9)23-17(19,20)21/h2-8,22-23H,1H3. The van der Waals surface area contributed by atoms with Crippen LogP contribution in [0.3, 0.4) is 0 Å². The largest absolute Gasteiger partial charge is 0.482 e. The number of benzene rings is 2. The van der Waals surface area contributed by atoms with Crippen molar-refractivity contribution in [2.24, 2.45) is 0 Å². The number of fused-ring (bicyclic) bond motifs is 1. The first kappa shape index (κ1) is 16.4. The minimum atomic E-state index is -4.52. The third-order valence-electron chi connectivity index (χ3n) is 3.61. The molecule has 0 spiro atoms. The quantitative estimate of drug-likeness (QED) is 0.496. The molecule has 0 atom stereocenters. The third kappa shape index (κ3) is 3.23. The van der Waals surface area contributed by atoms with E-state index < -0.39 is 6.30 Å². The molecule has 0 unspecified atom stereocenters. The number of halogens is 4. The van der Waals surface area contributed by atoms with Gasteiger partial charge in [0.15, 0.2) is 5.78 Å². The minimum Gasteiger partial charge on any atom is -0.358 e. The predicted octanol–water partition coefficient (Wildman–Crippen LogP) is 5.29. The maximum Gasteiger partial charge on any atom is 0.482 e. The molecule has 124 valence electrons. The van der Waals surface area contributed by atoms with Crippen LogP contribution < -0.4 is 5.32 Å². The summed E-state index contributed by atoms with van der Waals surface area (Å²) in [5.74, 6) is -0.216. The minimum absolute atomic E-state index is 0.0956. The monoisotopic (exact) mass is 352 g/mol. The maximum atomic E-state index is 12.7. The summed E-state index contributed by atoms with van der Waals surface area (Å²) in [6.45, 7) is 1.71. The summed E-state index contributed by atoms with van der Waals surface area (Å²) >= 11 is 5.82. The van der Waals surface area contributed by atoms with E-state index in [0.717, 1.165) is 0 Å². The fraction of sp³-hybridized carbons (Fsp3) is 0.118. The van der Waals surface area contributed by atoms with E-state index in [1.165, 1.54) is 23.5 Å². The smallest absolute Gasteiger partial charge is 0.358 e. The molecule has 0 saturated carbocycles. The molecule has 2 N–H and O–H groups in total. The van der Waals surface area contributed by atoms with Crippen molar-refractivity contribution in [1.82, 2.24) is 4.98 Å². The van der Waals surface area contributed by atoms with Gasteiger partial charge in [-0.1, -0.05) is 17.7 Å². The fourth-order valence-electron chi connectivity index (χ4n) is 2.61. The van der Waals surface area contributed by atoms with Gasteiger partial charge in [0.2, 0.25) is 0 Å². The molecule has 0 fully saturated rings. The number of hydrogen-bond acceptors (Lipinski definition) is 2. The van der Waals surface area contributed by atoms with E-state index in [-0.39, 0.29) is 11.5 Å². The summed E-state index contributed by atoms with van der Waals surface area (Å²) in [6.07, 6.45) is -4.52. The molecule has 0 amide bonds. The topological polar surface area (TPSA) is 44.9 Å². The van der Waals surface area contributed by atoms with Crippen molar-refractivity contribution >= 4 is 34.0 Å². The average molecular weight is 353 g/mol. The van der Waals surface area contributed by atoms with Crippen molar-refractivity contribution in [3.05, 3.63) is 64.3 Å². The van der Waals surface area contributed by atoms with Crippen LogP contribution in [0.1, 0.15) is 21.6 Å². The number of aromatic amines is 1. The summed E-state index contributed by atoms with van der Waals surface area (Å²) in [5, 5.41) is 2.54. The van der Waals surface area contributed by atoms with Gasteiger partial charge in [-0.2, -0.15) is 13.2 Å². The number of anilines is 1. The lowest BCUT2D eigenvalue weighted by atomic mass is 10.0. The number of carbonyl (C=O) groups excluding carboxylic acids is 1. The second-order valence-corrected chi connectivity index (χ2v) is 5.78. The molecule has 1 aromatic heterocycles. The van der Waals surface area contributed by atoms with Crippen molar-refractivity contribution in [3.8, 4) is 0 Å². The third-order valence-corrected chi connectivity index (χ3v) is 3.86. The fourth-order valence-corrected chi connectivity index (χ4v) is 2.74. The van der Waals surface area contributed by atoms with Gasteiger partial charge in [-0.25, -0.2) is 0 Å². The number of carbonyl (C=O) groups is 1. The highest BCUT2D eigenvalue weighted by atomic mass is 35.5. The number of nitrogens with one attached hydrogen (secondary N) is 2. The summed E-state index contributed by atoms with van der Waals surface area (Å²) in [4.78, 5) is 15.7. The van der Waals surface area contributed by atoms with E-state index >= 15 is 0 Å². The normalized spacial score (nSPS) is 11.7. The van der Waals surface area contributed by atoms with Crippen molar-refractivity contribution < 1.29 is 18.0 Å². The van der Waals surface area contributed by atoms with Crippen molar-refractivity contribution in [3.63, 3.8) is 0 Å². The molecular weight excluding hydrogens is 341 g/mol. The van der Waals surface area contributed by atoms with Crippen molar-refractivity contribution in [2.45, 2.75) is 13.2 Å². The van der Waals surface area contributed by atoms with Crippen LogP contribution in [0, 0.1) is 6.92 Å². The molecule has 0 saturated heterocycles. The molecule has 0 aliphatic heterocycles. The lowest BCUT2D eigenvalue weighted by Gasteiger charge is -2.09. The van der Waals surface area contributed by atoms with Crippen LogP contribution in [-0.4, -0.2) is 17.1 Å². The molecule has 3 aromatic rings. The first-order valence-corrected chi connectivity index (χ1v) is 7.40. The number of ketones is 1. The van der Waals surface area contributed by atoms with Gasteiger partial charge >= 0.3 is 6.30 Å². The Balaban J connectivity index is 2.04. The lowest BCUT2D eigenvalue weighted by Crippen LogP contribution is -2.20. The molecule has 0 aliphatic carbocycles. The van der Waals surface area contributed by atoms with Crippen LogP contribution in [0.25, 0.3) is 10.9 Å². The van der Waals surface area contributed by atoms with E-state index in [2.05, 4.69) is 4.98 Å². The number of rotatable bonds is 3. The van der Waals surface area contributed by atoms with E-state index in [1.807, 2.05) is 0 Å². The van der Waals surface area contributed by atoms with Gasteiger partial charge in [0, 0.05) is 32.9 Å². The molecule has 0 radical (unpaired) electrons. The summed E-state index contributed by atoms with van der Waals surface area (Å²) in [5.41, 5.74) is 1.85. The van der Waals surface area contributed by atoms with Crippen LogP contribution in [0.2, 0.25) is 5.02 Å². The Labute approximate surface area is 140 Å². The van der Waals surface area contributed by atoms with Crippen LogP contribution in [-0.2, 0) is 0 Å². The highest BCUT2D eigenvalue weighted by Gasteiger charge is 2.27. The molecule has 2 aromatic carbocycles. The Bertz CT molecular complexity index is 914. The Kier molecular flexibility index (Phi) is 4.01. The summed E-state index contributed by atoms with van der Waals surface area (Å²) < 4.78 is 37.3. The van der Waals surface area contributed by atoms with Gasteiger partial charge in [-0.05, 0) is 43.3 Å². The van der Waals surface area contributed by atoms with Gasteiger partial charge in [0.05, 0.1) is 5.56 Å². The molecular formula is C17H12ClF3N2O. The van der Waals surface area contributed by atoms with Crippen LogP contribution >= 0.6 is 11.6 Å². The first-order valence-electron chi connectivity index (χ1n) is 7.02. The van der Waals surface area contributed by atoms with E-state index in [1.54, 1.807) is 31.2 Å². The van der Waals surface area contributed by atoms with Gasteiger partial charge in [-0.3, -0.25) is 10.1 Å². The van der Waals surface area contributed by atoms with Gasteiger partial charge < -0.3 is 4.98 Å². The molecule has 1 heterocycles. The predicted molar refractivity (Wildman–Crippen MR) is 87.6 cm³/mol. The Hall–Kier alpha value is -2.47. The molecule has 3 nitrogen and oxygen atoms in total. The summed E-state index contributed by atoms with van der Waals surface area (Å²) in [7, 11) is 0. The van der Waals surface area contributed by atoms with Gasteiger partial charge in [0.25, 0.3) is 0 Å². The lowest BCUT2D eigenvalue weighted by molar-refractivity contribution is -0.0999. The zero-order valence-electron chi connectivity index (χ0n) is 12.5. The highest BCUT2D eigenvalue weighted by molar-refractivity contribution is 6.30. The number of hydrogen-bond donors (Lipinski definition) is 2. The molecule has 3 rings (SSSR count). The number of aryl methyl sites for hydroxylation is 1.